The Morgan fingerprint density at radius 1 is 1.05 bits per heavy atom. The number of hydrogen-bond donors (Lipinski definition) is 2. The van der Waals surface area contributed by atoms with Crippen molar-refractivity contribution in [2.75, 3.05) is 4.72 Å². The molecular formula is C13H15N3O2S. The van der Waals surface area contributed by atoms with Crippen LogP contribution in [0.5, 0.6) is 0 Å². The minimum atomic E-state index is -3.49. The Kier molecular flexibility index (Phi) is 4.13. The van der Waals surface area contributed by atoms with Gasteiger partial charge >= 0.3 is 0 Å². The van der Waals surface area contributed by atoms with Crippen LogP contribution in [0.4, 0.5) is 5.82 Å². The molecule has 0 atom stereocenters. The molecule has 2 aromatic rings. The van der Waals surface area contributed by atoms with E-state index in [0.29, 0.717) is 17.9 Å². The van der Waals surface area contributed by atoms with Crippen molar-refractivity contribution in [1.82, 2.24) is 4.98 Å². The number of hydrogen-bond acceptors (Lipinski definition) is 4. The molecule has 100 valence electrons. The lowest BCUT2D eigenvalue weighted by Crippen LogP contribution is -2.17. The summed E-state index contributed by atoms with van der Waals surface area (Å²) >= 11 is 0. The van der Waals surface area contributed by atoms with Crippen molar-refractivity contribution in [2.24, 2.45) is 5.73 Å². The highest BCUT2D eigenvalue weighted by molar-refractivity contribution is 7.91. The van der Waals surface area contributed by atoms with Crippen LogP contribution in [0.25, 0.3) is 0 Å². The van der Waals surface area contributed by atoms with Gasteiger partial charge in [0.05, 0.1) is 5.75 Å². The molecule has 0 aliphatic carbocycles. The lowest BCUT2D eigenvalue weighted by atomic mass is 10.1. The number of nitrogens with zero attached hydrogens (tertiary/aromatic N) is 1. The van der Waals surface area contributed by atoms with Crippen LogP contribution in [-0.4, -0.2) is 13.4 Å². The van der Waals surface area contributed by atoms with Gasteiger partial charge in [0, 0.05) is 12.7 Å². The molecule has 0 unspecified atom stereocenters. The fourth-order valence-corrected chi connectivity index (χ4v) is 2.92. The number of rotatable bonds is 5. The van der Waals surface area contributed by atoms with Crippen LogP contribution in [-0.2, 0) is 22.3 Å². The largest absolute Gasteiger partial charge is 0.326 e. The van der Waals surface area contributed by atoms with Gasteiger partial charge in [-0.15, -0.1) is 0 Å². The van der Waals surface area contributed by atoms with Crippen molar-refractivity contribution >= 4 is 15.8 Å². The zero-order valence-corrected chi connectivity index (χ0v) is 11.1. The predicted octanol–water partition coefficient (Wildman–Crippen LogP) is 1.48. The van der Waals surface area contributed by atoms with Crippen molar-refractivity contribution in [3.63, 3.8) is 0 Å². The number of benzene rings is 1. The topological polar surface area (TPSA) is 85.1 Å². The second kappa shape index (κ2) is 5.81. The van der Waals surface area contributed by atoms with E-state index in [-0.39, 0.29) is 5.75 Å². The van der Waals surface area contributed by atoms with Crippen LogP contribution in [0.3, 0.4) is 0 Å². The van der Waals surface area contributed by atoms with Crippen LogP contribution >= 0.6 is 0 Å². The molecule has 0 aliphatic rings. The van der Waals surface area contributed by atoms with E-state index >= 15 is 0 Å². The Bertz CT molecular complexity index is 642. The van der Waals surface area contributed by atoms with E-state index in [1.165, 1.54) is 6.20 Å². The summed E-state index contributed by atoms with van der Waals surface area (Å²) < 4.78 is 26.5. The van der Waals surface area contributed by atoms with Crippen molar-refractivity contribution in [3.05, 3.63) is 59.8 Å². The maximum Gasteiger partial charge on any atom is 0.238 e. The molecule has 0 amide bonds. The molecule has 1 aromatic heterocycles. The van der Waals surface area contributed by atoms with Gasteiger partial charge in [-0.05, 0) is 23.3 Å². The maximum atomic E-state index is 12.0. The lowest BCUT2D eigenvalue weighted by Gasteiger charge is -2.10. The summed E-state index contributed by atoms with van der Waals surface area (Å²) in [6.07, 6.45) is 1.53. The van der Waals surface area contributed by atoms with Gasteiger partial charge in [0.15, 0.2) is 0 Å². The molecule has 0 radical (unpaired) electrons. The first-order valence-corrected chi connectivity index (χ1v) is 7.44. The second-order valence-electron chi connectivity index (χ2n) is 4.05. The summed E-state index contributed by atoms with van der Waals surface area (Å²) in [7, 11) is -3.49. The zero-order chi connectivity index (χ0) is 13.7. The van der Waals surface area contributed by atoms with E-state index in [0.717, 1.165) is 5.56 Å². The Balaban J connectivity index is 2.18. The highest BCUT2D eigenvalue weighted by Crippen LogP contribution is 2.14. The van der Waals surface area contributed by atoms with Crippen molar-refractivity contribution < 1.29 is 8.42 Å². The van der Waals surface area contributed by atoms with E-state index in [1.54, 1.807) is 30.3 Å². The quantitative estimate of drug-likeness (QED) is 0.867. The van der Waals surface area contributed by atoms with Crippen LogP contribution in [0.15, 0.2) is 48.7 Å². The molecule has 0 spiro atoms. The average Bonchev–Trinajstić information content (AvgIpc) is 2.39. The second-order valence-corrected chi connectivity index (χ2v) is 5.77. The third-order valence-corrected chi connectivity index (χ3v) is 3.82. The van der Waals surface area contributed by atoms with Gasteiger partial charge in [0.1, 0.15) is 5.82 Å². The molecule has 1 aromatic carbocycles. The molecule has 0 bridgehead atoms. The minimum Gasteiger partial charge on any atom is -0.326 e. The van der Waals surface area contributed by atoms with Gasteiger partial charge < -0.3 is 5.73 Å². The standard InChI is InChI=1S/C13H15N3O2S/c14-9-11-5-1-2-6-12(11)10-19(17,18)16-13-7-3-4-8-15-13/h1-8H,9-10,14H2,(H,15,16). The number of aromatic nitrogens is 1. The first kappa shape index (κ1) is 13.5. The first-order chi connectivity index (χ1) is 9.11. The van der Waals surface area contributed by atoms with E-state index < -0.39 is 10.0 Å². The first-order valence-electron chi connectivity index (χ1n) is 5.79. The normalized spacial score (nSPS) is 11.2. The van der Waals surface area contributed by atoms with E-state index in [9.17, 15) is 8.42 Å². The molecule has 0 aliphatic heterocycles. The molecule has 0 saturated carbocycles. The number of sulfonamides is 1. The summed E-state index contributed by atoms with van der Waals surface area (Å²) in [4.78, 5) is 3.93. The van der Waals surface area contributed by atoms with Gasteiger partial charge in [-0.1, -0.05) is 30.3 Å². The Morgan fingerprint density at radius 2 is 1.74 bits per heavy atom. The van der Waals surface area contributed by atoms with E-state index in [4.69, 9.17) is 5.73 Å². The highest BCUT2D eigenvalue weighted by Gasteiger charge is 2.14. The molecule has 1 heterocycles. The van der Waals surface area contributed by atoms with Gasteiger partial charge in [0.25, 0.3) is 0 Å². The molecular weight excluding hydrogens is 262 g/mol. The fraction of sp³-hybridized carbons (Fsp3) is 0.154. The Hall–Kier alpha value is -1.92. The predicted molar refractivity (Wildman–Crippen MR) is 74.8 cm³/mol. The van der Waals surface area contributed by atoms with Crippen LogP contribution in [0, 0.1) is 0 Å². The Labute approximate surface area is 112 Å². The molecule has 0 saturated heterocycles. The van der Waals surface area contributed by atoms with Crippen LogP contribution in [0.1, 0.15) is 11.1 Å². The molecule has 5 nitrogen and oxygen atoms in total. The van der Waals surface area contributed by atoms with Gasteiger partial charge in [-0.3, -0.25) is 4.72 Å². The van der Waals surface area contributed by atoms with Crippen LogP contribution < -0.4 is 10.5 Å². The van der Waals surface area contributed by atoms with Gasteiger partial charge in [0.2, 0.25) is 10.0 Å². The van der Waals surface area contributed by atoms with Gasteiger partial charge in [-0.2, -0.15) is 0 Å². The van der Waals surface area contributed by atoms with Crippen molar-refractivity contribution in [1.29, 1.82) is 0 Å². The van der Waals surface area contributed by atoms with Crippen LogP contribution in [0.2, 0.25) is 0 Å². The van der Waals surface area contributed by atoms with Gasteiger partial charge in [-0.25, -0.2) is 13.4 Å². The number of pyridine rings is 1. The third-order valence-electron chi connectivity index (χ3n) is 2.61. The smallest absolute Gasteiger partial charge is 0.238 e. The average molecular weight is 277 g/mol. The SMILES string of the molecule is NCc1ccccc1CS(=O)(=O)Nc1ccccn1. The lowest BCUT2D eigenvalue weighted by molar-refractivity contribution is 0.600. The zero-order valence-electron chi connectivity index (χ0n) is 10.3. The summed E-state index contributed by atoms with van der Waals surface area (Å²) in [5.74, 6) is 0.199. The Morgan fingerprint density at radius 3 is 2.37 bits per heavy atom. The monoisotopic (exact) mass is 277 g/mol. The number of anilines is 1. The maximum absolute atomic E-state index is 12.0. The highest BCUT2D eigenvalue weighted by atomic mass is 32.2. The molecule has 2 rings (SSSR count). The number of nitrogens with two attached hydrogens (primary N) is 1. The summed E-state index contributed by atoms with van der Waals surface area (Å²) in [6, 6.07) is 12.3. The fourth-order valence-electron chi connectivity index (χ4n) is 1.72. The third kappa shape index (κ3) is 3.77. The summed E-state index contributed by atoms with van der Waals surface area (Å²) in [5.41, 5.74) is 7.12. The molecule has 19 heavy (non-hydrogen) atoms. The minimum absolute atomic E-state index is 0.114. The van der Waals surface area contributed by atoms with E-state index in [2.05, 4.69) is 9.71 Å². The molecule has 3 N–H and O–H groups in total. The summed E-state index contributed by atoms with van der Waals surface area (Å²) in [5, 5.41) is 0. The van der Waals surface area contributed by atoms with Crippen molar-refractivity contribution in [3.8, 4) is 0 Å². The van der Waals surface area contributed by atoms with E-state index in [1.807, 2.05) is 12.1 Å². The number of nitrogens with one attached hydrogen (secondary N) is 1. The molecule has 6 heteroatoms. The summed E-state index contributed by atoms with van der Waals surface area (Å²) in [6.45, 7) is 0.315. The van der Waals surface area contributed by atoms with Crippen molar-refractivity contribution in [2.45, 2.75) is 12.3 Å². The molecule has 0 fully saturated rings.